The van der Waals surface area contributed by atoms with E-state index in [0.29, 0.717) is 0 Å². The zero-order valence-corrected chi connectivity index (χ0v) is 10.6. The van der Waals surface area contributed by atoms with Gasteiger partial charge < -0.3 is 5.32 Å². The summed E-state index contributed by atoms with van der Waals surface area (Å²) < 4.78 is 37.3. The minimum atomic E-state index is -4.42. The molecule has 1 atom stereocenters. The molecule has 0 aliphatic rings. The molecule has 9 heteroatoms. The molecule has 0 aliphatic heterocycles. The number of H-pyrrole nitrogens is 1. The van der Waals surface area contributed by atoms with Crippen LogP contribution in [0.2, 0.25) is 0 Å². The van der Waals surface area contributed by atoms with Crippen LogP contribution in [0.3, 0.4) is 0 Å². The fraction of sp³-hybridized carbons (Fsp3) is 0.333. The van der Waals surface area contributed by atoms with Gasteiger partial charge in [0.2, 0.25) is 5.65 Å². The van der Waals surface area contributed by atoms with Gasteiger partial charge in [-0.25, -0.2) is 4.98 Å². The smallest absolute Gasteiger partial charge is 0.348 e. The minimum absolute atomic E-state index is 0.0814. The van der Waals surface area contributed by atoms with Crippen LogP contribution in [0.5, 0.6) is 0 Å². The summed E-state index contributed by atoms with van der Waals surface area (Å²) in [5, 5.41) is 12.0. The number of fused-ring (bicyclic) bond motifs is 1. The summed E-state index contributed by atoms with van der Waals surface area (Å²) in [5.41, 5.74) is 0.464. The van der Waals surface area contributed by atoms with Crippen LogP contribution in [0, 0.1) is 12.3 Å². The van der Waals surface area contributed by atoms with Gasteiger partial charge in [0.25, 0.3) is 5.91 Å². The summed E-state index contributed by atoms with van der Waals surface area (Å²) in [5.74, 6) is 1.41. The summed E-state index contributed by atoms with van der Waals surface area (Å²) in [6, 6.07) is 0.151. The van der Waals surface area contributed by atoms with Crippen molar-refractivity contribution in [1.29, 1.82) is 0 Å². The van der Waals surface area contributed by atoms with Crippen LogP contribution >= 0.6 is 0 Å². The molecule has 0 aliphatic carbocycles. The van der Waals surface area contributed by atoms with E-state index in [4.69, 9.17) is 6.42 Å². The number of carbonyl (C=O) groups is 1. The van der Waals surface area contributed by atoms with E-state index in [2.05, 4.69) is 31.6 Å². The molecule has 2 N–H and O–H groups in total. The zero-order chi connectivity index (χ0) is 15.5. The summed E-state index contributed by atoms with van der Waals surface area (Å²) in [4.78, 5) is 15.9. The number of pyridine rings is 1. The number of hydrogen-bond acceptors (Lipinski definition) is 4. The first-order chi connectivity index (χ1) is 9.90. The highest BCUT2D eigenvalue weighted by atomic mass is 19.4. The van der Waals surface area contributed by atoms with Crippen LogP contribution < -0.4 is 5.32 Å². The molecular formula is C12H10F3N5O. The minimum Gasteiger partial charge on any atom is -0.348 e. The lowest BCUT2D eigenvalue weighted by molar-refractivity contribution is -0.139. The molecule has 0 fully saturated rings. The van der Waals surface area contributed by atoms with Crippen LogP contribution in [0.1, 0.15) is 23.2 Å². The fourth-order valence-corrected chi connectivity index (χ4v) is 1.80. The summed E-state index contributed by atoms with van der Waals surface area (Å²) in [6.07, 6.45) is 0.507. The molecule has 2 rings (SSSR count). The molecule has 0 spiro atoms. The van der Waals surface area contributed by atoms with Gasteiger partial charge in [0.1, 0.15) is 5.52 Å². The molecule has 2 aromatic heterocycles. The largest absolute Gasteiger partial charge is 0.391 e. The number of nitrogens with one attached hydrogen (secondary N) is 2. The Labute approximate surface area is 117 Å². The lowest BCUT2D eigenvalue weighted by atomic mass is 10.1. The van der Waals surface area contributed by atoms with Crippen molar-refractivity contribution in [1.82, 2.24) is 25.7 Å². The number of aromatic nitrogens is 4. The van der Waals surface area contributed by atoms with Gasteiger partial charge in [0.05, 0.1) is 12.0 Å². The standard InChI is InChI=1S/C12H10F3N5O/c1-2-3-7(6-12(13,14)15)17-11(21)8-4-5-16-10-9(8)18-20-19-10/h1,4-5,7H,3,6H2,(H,17,21)(H,16,18,19,20). The molecule has 0 aromatic carbocycles. The monoisotopic (exact) mass is 297 g/mol. The Hall–Kier alpha value is -2.63. The van der Waals surface area contributed by atoms with E-state index >= 15 is 0 Å². The molecule has 0 saturated heterocycles. The van der Waals surface area contributed by atoms with Gasteiger partial charge in [0.15, 0.2) is 0 Å². The Morgan fingerprint density at radius 2 is 2.24 bits per heavy atom. The number of carbonyl (C=O) groups excluding carboxylic acids is 1. The average molecular weight is 297 g/mol. The second kappa shape index (κ2) is 5.78. The number of hydrogen-bond donors (Lipinski definition) is 2. The van der Waals surface area contributed by atoms with Crippen molar-refractivity contribution in [2.75, 3.05) is 0 Å². The Kier molecular flexibility index (Phi) is 4.07. The summed E-state index contributed by atoms with van der Waals surface area (Å²) >= 11 is 0. The first kappa shape index (κ1) is 14.8. The zero-order valence-electron chi connectivity index (χ0n) is 10.6. The van der Waals surface area contributed by atoms with Crippen molar-refractivity contribution < 1.29 is 18.0 Å². The van der Waals surface area contributed by atoms with E-state index in [1.54, 1.807) is 0 Å². The maximum Gasteiger partial charge on any atom is 0.391 e. The maximum atomic E-state index is 12.4. The Balaban J connectivity index is 2.19. The molecule has 1 unspecified atom stereocenters. The molecule has 1 amide bonds. The Morgan fingerprint density at radius 1 is 1.48 bits per heavy atom. The highest BCUT2D eigenvalue weighted by Crippen LogP contribution is 2.23. The van der Waals surface area contributed by atoms with Crippen LogP contribution in [-0.2, 0) is 0 Å². The molecule has 0 saturated carbocycles. The fourth-order valence-electron chi connectivity index (χ4n) is 1.80. The number of terminal acetylenes is 1. The molecule has 2 heterocycles. The van der Waals surface area contributed by atoms with Crippen LogP contribution in [-0.4, -0.2) is 38.5 Å². The number of rotatable bonds is 4. The third-order valence-electron chi connectivity index (χ3n) is 2.64. The SMILES string of the molecule is C#CCC(CC(F)(F)F)NC(=O)c1ccnc2n[nH]nc12. The first-order valence-electron chi connectivity index (χ1n) is 5.87. The van der Waals surface area contributed by atoms with Gasteiger partial charge in [0, 0.05) is 18.7 Å². The number of nitrogens with zero attached hydrogens (tertiary/aromatic N) is 3. The van der Waals surface area contributed by atoms with Crippen LogP contribution in [0.15, 0.2) is 12.3 Å². The van der Waals surface area contributed by atoms with Gasteiger partial charge in [-0.15, -0.1) is 17.4 Å². The molecular weight excluding hydrogens is 287 g/mol. The van der Waals surface area contributed by atoms with Crippen molar-refractivity contribution in [2.24, 2.45) is 0 Å². The van der Waals surface area contributed by atoms with E-state index in [1.165, 1.54) is 12.3 Å². The number of aromatic amines is 1. The predicted molar refractivity (Wildman–Crippen MR) is 67.1 cm³/mol. The lowest BCUT2D eigenvalue weighted by Gasteiger charge is -2.18. The van der Waals surface area contributed by atoms with Gasteiger partial charge >= 0.3 is 6.18 Å². The predicted octanol–water partition coefficient (Wildman–Crippen LogP) is 1.43. The normalized spacial score (nSPS) is 12.9. The lowest BCUT2D eigenvalue weighted by Crippen LogP contribution is -2.38. The van der Waals surface area contributed by atoms with Gasteiger partial charge in [-0.1, -0.05) is 0 Å². The topological polar surface area (TPSA) is 83.6 Å². The van der Waals surface area contributed by atoms with Crippen molar-refractivity contribution in [3.05, 3.63) is 17.8 Å². The van der Waals surface area contributed by atoms with E-state index in [0.717, 1.165) is 0 Å². The van der Waals surface area contributed by atoms with Crippen LogP contribution in [0.4, 0.5) is 13.2 Å². The third-order valence-corrected chi connectivity index (χ3v) is 2.64. The second-order valence-corrected chi connectivity index (χ2v) is 4.25. The summed E-state index contributed by atoms with van der Waals surface area (Å²) in [6.45, 7) is 0. The molecule has 21 heavy (non-hydrogen) atoms. The van der Waals surface area contributed by atoms with Gasteiger partial charge in [-0.05, 0) is 6.07 Å². The Morgan fingerprint density at radius 3 is 2.90 bits per heavy atom. The first-order valence-corrected chi connectivity index (χ1v) is 5.87. The highest BCUT2D eigenvalue weighted by molar-refractivity contribution is 6.03. The van der Waals surface area contributed by atoms with Crippen molar-refractivity contribution in [3.63, 3.8) is 0 Å². The van der Waals surface area contributed by atoms with Gasteiger partial charge in [-0.2, -0.15) is 23.5 Å². The second-order valence-electron chi connectivity index (χ2n) is 4.25. The van der Waals surface area contributed by atoms with Crippen LogP contribution in [0.25, 0.3) is 11.2 Å². The number of amides is 1. The summed E-state index contributed by atoms with van der Waals surface area (Å²) in [7, 11) is 0. The number of alkyl halides is 3. The molecule has 0 bridgehead atoms. The van der Waals surface area contributed by atoms with Gasteiger partial charge in [-0.3, -0.25) is 4.79 Å². The van der Waals surface area contributed by atoms with Crippen molar-refractivity contribution in [2.45, 2.75) is 25.1 Å². The molecule has 2 aromatic rings. The molecule has 6 nitrogen and oxygen atoms in total. The quantitative estimate of drug-likeness (QED) is 0.836. The maximum absolute atomic E-state index is 12.4. The van der Waals surface area contributed by atoms with Crippen molar-refractivity contribution in [3.8, 4) is 12.3 Å². The van der Waals surface area contributed by atoms with E-state index in [1.807, 2.05) is 0 Å². The highest BCUT2D eigenvalue weighted by Gasteiger charge is 2.32. The van der Waals surface area contributed by atoms with Crippen molar-refractivity contribution >= 4 is 17.1 Å². The number of halogens is 3. The molecule has 110 valence electrons. The molecule has 0 radical (unpaired) electrons. The third kappa shape index (κ3) is 3.68. The average Bonchev–Trinajstić information content (AvgIpc) is 2.84. The van der Waals surface area contributed by atoms with E-state index in [9.17, 15) is 18.0 Å². The van der Waals surface area contributed by atoms with E-state index < -0.39 is 24.5 Å². The Bertz CT molecular complexity index is 688. The van der Waals surface area contributed by atoms with E-state index in [-0.39, 0.29) is 23.1 Å².